The third-order valence-corrected chi connectivity index (χ3v) is 4.61. The minimum absolute atomic E-state index is 0.117. The summed E-state index contributed by atoms with van der Waals surface area (Å²) < 4.78 is 1.72. The molecule has 2 heterocycles. The zero-order valence-electron chi connectivity index (χ0n) is 16.6. The Morgan fingerprint density at radius 2 is 2.00 bits per heavy atom. The summed E-state index contributed by atoms with van der Waals surface area (Å²) in [6.07, 6.45) is 4.77. The number of aromatic nitrogens is 2. The van der Waals surface area contributed by atoms with Crippen molar-refractivity contribution in [1.29, 1.82) is 0 Å². The molecule has 3 N–H and O–H groups in total. The van der Waals surface area contributed by atoms with Gasteiger partial charge in [0.05, 0.1) is 12.1 Å². The van der Waals surface area contributed by atoms with Crippen LogP contribution in [-0.4, -0.2) is 53.5 Å². The number of fused-ring (bicyclic) bond motifs is 1. The monoisotopic (exact) mass is 381 g/mol. The molecule has 0 aliphatic rings. The normalized spacial score (nSPS) is 11.1. The Morgan fingerprint density at radius 1 is 1.21 bits per heavy atom. The number of carbonyl (C=O) groups excluding carboxylic acids is 2. The summed E-state index contributed by atoms with van der Waals surface area (Å²) in [4.78, 5) is 30.1. The van der Waals surface area contributed by atoms with Crippen molar-refractivity contribution in [1.82, 2.24) is 19.8 Å². The highest BCUT2D eigenvalue weighted by Crippen LogP contribution is 2.19. The summed E-state index contributed by atoms with van der Waals surface area (Å²) in [6.45, 7) is 1.53. The van der Waals surface area contributed by atoms with Gasteiger partial charge in [-0.3, -0.25) is 9.59 Å². The highest BCUT2D eigenvalue weighted by atomic mass is 16.2. The van der Waals surface area contributed by atoms with Crippen LogP contribution in [0.1, 0.15) is 22.5 Å². The smallest absolute Gasteiger partial charge is 0.267 e. The number of amides is 2. The Balaban J connectivity index is 1.58. The van der Waals surface area contributed by atoms with Gasteiger partial charge in [-0.15, -0.1) is 0 Å². The Hall–Kier alpha value is -3.06. The number of rotatable bonds is 8. The van der Waals surface area contributed by atoms with Gasteiger partial charge in [0, 0.05) is 36.9 Å². The second-order valence-corrected chi connectivity index (χ2v) is 7.22. The second kappa shape index (κ2) is 8.75. The molecule has 0 aliphatic heterocycles. The Labute approximate surface area is 164 Å². The summed E-state index contributed by atoms with van der Waals surface area (Å²) in [5.41, 5.74) is 3.10. The fourth-order valence-electron chi connectivity index (χ4n) is 3.20. The summed E-state index contributed by atoms with van der Waals surface area (Å²) >= 11 is 0. The molecule has 3 aromatic rings. The molecule has 3 rings (SSSR count). The third-order valence-electron chi connectivity index (χ3n) is 4.61. The lowest BCUT2D eigenvalue weighted by atomic mass is 10.1. The number of aryl methyl sites for hydroxylation is 1. The maximum Gasteiger partial charge on any atom is 0.267 e. The number of benzene rings is 1. The molecular weight excluding hydrogens is 354 g/mol. The maximum atomic E-state index is 12.4. The van der Waals surface area contributed by atoms with Crippen molar-refractivity contribution in [3.8, 4) is 0 Å². The van der Waals surface area contributed by atoms with Crippen LogP contribution in [0.3, 0.4) is 0 Å². The first kappa shape index (κ1) is 19.7. The second-order valence-electron chi connectivity index (χ2n) is 7.22. The van der Waals surface area contributed by atoms with Crippen LogP contribution in [0, 0.1) is 0 Å². The first-order chi connectivity index (χ1) is 13.4. The van der Waals surface area contributed by atoms with Gasteiger partial charge in [0.25, 0.3) is 5.91 Å². The molecule has 7 heteroatoms. The van der Waals surface area contributed by atoms with Crippen molar-refractivity contribution in [3.63, 3.8) is 0 Å². The molecule has 0 bridgehead atoms. The lowest BCUT2D eigenvalue weighted by molar-refractivity contribution is -0.115. The van der Waals surface area contributed by atoms with Crippen LogP contribution in [0.25, 0.3) is 10.9 Å². The van der Waals surface area contributed by atoms with Gasteiger partial charge in [-0.05, 0) is 44.8 Å². The SMILES string of the molecule is CN(C)CCCNC(=O)c1cc(NC(=O)Cc2c[nH]c3ccccc23)cn1C. The van der Waals surface area contributed by atoms with Gasteiger partial charge in [0.15, 0.2) is 0 Å². The topological polar surface area (TPSA) is 82.2 Å². The zero-order valence-corrected chi connectivity index (χ0v) is 16.6. The van der Waals surface area contributed by atoms with Crippen LogP contribution in [0.2, 0.25) is 0 Å². The van der Waals surface area contributed by atoms with E-state index >= 15 is 0 Å². The first-order valence-electron chi connectivity index (χ1n) is 9.38. The van der Waals surface area contributed by atoms with Crippen LogP contribution >= 0.6 is 0 Å². The fourth-order valence-corrected chi connectivity index (χ4v) is 3.20. The van der Waals surface area contributed by atoms with Gasteiger partial charge >= 0.3 is 0 Å². The van der Waals surface area contributed by atoms with Crippen LogP contribution in [0.4, 0.5) is 5.69 Å². The molecule has 7 nitrogen and oxygen atoms in total. The lowest BCUT2D eigenvalue weighted by Gasteiger charge is -2.10. The van der Waals surface area contributed by atoms with E-state index in [0.29, 0.717) is 17.9 Å². The summed E-state index contributed by atoms with van der Waals surface area (Å²) in [5.74, 6) is -0.258. The molecule has 2 amide bonds. The molecule has 0 unspecified atom stereocenters. The number of H-pyrrole nitrogens is 1. The number of nitrogens with zero attached hydrogens (tertiary/aromatic N) is 2. The Kier molecular flexibility index (Phi) is 6.16. The molecule has 2 aromatic heterocycles. The molecule has 0 atom stereocenters. The highest BCUT2D eigenvalue weighted by molar-refractivity contribution is 5.98. The molecule has 148 valence electrons. The predicted molar refractivity (Wildman–Crippen MR) is 112 cm³/mol. The first-order valence-corrected chi connectivity index (χ1v) is 9.38. The van der Waals surface area contributed by atoms with E-state index in [1.165, 1.54) is 0 Å². The van der Waals surface area contributed by atoms with Crippen LogP contribution in [0.5, 0.6) is 0 Å². The van der Waals surface area contributed by atoms with Crippen molar-refractivity contribution >= 4 is 28.4 Å². The average molecular weight is 381 g/mol. The number of anilines is 1. The minimum Gasteiger partial charge on any atom is -0.361 e. The van der Waals surface area contributed by atoms with E-state index in [9.17, 15) is 9.59 Å². The summed E-state index contributed by atoms with van der Waals surface area (Å²) in [5, 5.41) is 6.84. The van der Waals surface area contributed by atoms with Gasteiger partial charge in [-0.2, -0.15) is 0 Å². The van der Waals surface area contributed by atoms with E-state index in [1.807, 2.05) is 44.6 Å². The van der Waals surface area contributed by atoms with E-state index < -0.39 is 0 Å². The number of hydrogen-bond donors (Lipinski definition) is 3. The molecule has 0 radical (unpaired) electrons. The molecular formula is C21H27N5O2. The van der Waals surface area contributed by atoms with Crippen molar-refractivity contribution in [2.75, 3.05) is 32.5 Å². The fraction of sp³-hybridized carbons (Fsp3) is 0.333. The maximum absolute atomic E-state index is 12.4. The molecule has 0 saturated heterocycles. The highest BCUT2D eigenvalue weighted by Gasteiger charge is 2.14. The third kappa shape index (κ3) is 4.80. The van der Waals surface area contributed by atoms with E-state index in [2.05, 4.69) is 20.5 Å². The van der Waals surface area contributed by atoms with E-state index in [1.54, 1.807) is 23.9 Å². The quantitative estimate of drug-likeness (QED) is 0.524. The van der Waals surface area contributed by atoms with Crippen molar-refractivity contribution in [2.45, 2.75) is 12.8 Å². The predicted octanol–water partition coefficient (Wildman–Crippen LogP) is 2.37. The molecule has 0 saturated carbocycles. The van der Waals surface area contributed by atoms with Crippen LogP contribution in [0.15, 0.2) is 42.7 Å². The van der Waals surface area contributed by atoms with Crippen molar-refractivity contribution < 1.29 is 9.59 Å². The van der Waals surface area contributed by atoms with Crippen molar-refractivity contribution in [3.05, 3.63) is 54.0 Å². The largest absolute Gasteiger partial charge is 0.361 e. The van der Waals surface area contributed by atoms with Crippen molar-refractivity contribution in [2.24, 2.45) is 7.05 Å². The molecule has 28 heavy (non-hydrogen) atoms. The van der Waals surface area contributed by atoms with E-state index in [0.717, 1.165) is 29.4 Å². The van der Waals surface area contributed by atoms with Gasteiger partial charge in [0.2, 0.25) is 5.91 Å². The number of hydrogen-bond acceptors (Lipinski definition) is 3. The van der Waals surface area contributed by atoms with Gasteiger partial charge < -0.3 is 25.1 Å². The molecule has 0 aliphatic carbocycles. The molecule has 0 spiro atoms. The summed E-state index contributed by atoms with van der Waals surface area (Å²) in [7, 11) is 5.80. The number of aromatic amines is 1. The number of para-hydroxylation sites is 1. The van der Waals surface area contributed by atoms with Gasteiger partial charge in [-0.1, -0.05) is 18.2 Å². The van der Waals surface area contributed by atoms with Crippen LogP contribution in [-0.2, 0) is 18.3 Å². The van der Waals surface area contributed by atoms with Gasteiger partial charge in [-0.25, -0.2) is 0 Å². The Bertz CT molecular complexity index is 970. The standard InChI is InChI=1S/C21H27N5O2/c1-25(2)10-6-9-22-21(28)19-12-16(14-26(19)3)24-20(27)11-15-13-23-18-8-5-4-7-17(15)18/h4-5,7-8,12-14,23H,6,9-11H2,1-3H3,(H,22,28)(H,24,27). The number of nitrogens with one attached hydrogen (secondary N) is 3. The Morgan fingerprint density at radius 3 is 2.79 bits per heavy atom. The lowest BCUT2D eigenvalue weighted by Crippen LogP contribution is -2.28. The molecule has 0 fully saturated rings. The number of carbonyl (C=O) groups is 2. The van der Waals surface area contributed by atoms with E-state index in [-0.39, 0.29) is 18.2 Å². The minimum atomic E-state index is -0.140. The van der Waals surface area contributed by atoms with Crippen LogP contribution < -0.4 is 10.6 Å². The van der Waals surface area contributed by atoms with E-state index in [4.69, 9.17) is 0 Å². The van der Waals surface area contributed by atoms with Gasteiger partial charge in [0.1, 0.15) is 5.69 Å². The molecule has 1 aromatic carbocycles. The zero-order chi connectivity index (χ0) is 20.1. The summed E-state index contributed by atoms with van der Waals surface area (Å²) in [6, 6.07) is 9.60. The average Bonchev–Trinajstić information content (AvgIpc) is 3.22.